The number of hydrogen-bond acceptors (Lipinski definition) is 4. The third kappa shape index (κ3) is 7.24. The Kier molecular flexibility index (Phi) is 11.3. The monoisotopic (exact) mass is 417 g/mol. The number of nitrogens with two attached hydrogens (primary N) is 1. The molecule has 1 unspecified atom stereocenters. The predicted molar refractivity (Wildman–Crippen MR) is 113 cm³/mol. The largest absolute Gasteiger partial charge is 0.381 e. The Bertz CT molecular complexity index is 562. The van der Waals surface area contributed by atoms with Gasteiger partial charge < -0.3 is 15.8 Å². The number of hydrogen-bond donors (Lipinski definition) is 2. The van der Waals surface area contributed by atoms with E-state index in [0.29, 0.717) is 19.8 Å². The van der Waals surface area contributed by atoms with Gasteiger partial charge in [-0.25, -0.2) is 0 Å². The van der Waals surface area contributed by atoms with Gasteiger partial charge in [-0.05, 0) is 55.8 Å². The molecule has 3 N–H and O–H groups in total. The quantitative estimate of drug-likeness (QED) is 0.746. The number of rotatable bonds is 6. The van der Waals surface area contributed by atoms with Crippen LogP contribution in [0.3, 0.4) is 0 Å². The Hall–Kier alpha value is -0.850. The molecule has 2 fully saturated rings. The molecule has 0 saturated carbocycles. The van der Waals surface area contributed by atoms with Crippen molar-refractivity contribution in [1.82, 2.24) is 10.2 Å². The van der Waals surface area contributed by atoms with Crippen molar-refractivity contribution in [2.75, 3.05) is 26.3 Å². The fourth-order valence-electron chi connectivity index (χ4n) is 3.83. The number of piperidine rings is 1. The number of halogens is 2. The fraction of sp³-hybridized carbons (Fsp3) is 0.650. The Morgan fingerprint density at radius 1 is 1.11 bits per heavy atom. The molecule has 2 saturated heterocycles. The van der Waals surface area contributed by atoms with Crippen LogP contribution in [0.15, 0.2) is 24.3 Å². The van der Waals surface area contributed by atoms with Crippen LogP contribution >= 0.6 is 24.8 Å². The van der Waals surface area contributed by atoms with Crippen LogP contribution in [0.1, 0.15) is 43.2 Å². The van der Waals surface area contributed by atoms with Gasteiger partial charge in [0.1, 0.15) is 0 Å². The molecule has 2 aliphatic heterocycles. The normalized spacial score (nSPS) is 19.4. The van der Waals surface area contributed by atoms with Crippen LogP contribution in [0.4, 0.5) is 0 Å². The van der Waals surface area contributed by atoms with Crippen LogP contribution in [0.2, 0.25) is 0 Å². The zero-order chi connectivity index (χ0) is 17.5. The van der Waals surface area contributed by atoms with Gasteiger partial charge in [0, 0.05) is 26.3 Å². The first kappa shape index (κ1) is 24.2. The molecule has 154 valence electrons. The highest BCUT2D eigenvalue weighted by Gasteiger charge is 2.26. The maximum absolute atomic E-state index is 12.4. The first-order valence-corrected chi connectivity index (χ1v) is 9.64. The average Bonchev–Trinajstić information content (AvgIpc) is 2.68. The summed E-state index contributed by atoms with van der Waals surface area (Å²) in [5, 5.41) is 3.05. The van der Waals surface area contributed by atoms with Crippen molar-refractivity contribution >= 4 is 30.7 Å². The van der Waals surface area contributed by atoms with E-state index in [4.69, 9.17) is 10.5 Å². The zero-order valence-electron chi connectivity index (χ0n) is 15.9. The van der Waals surface area contributed by atoms with Crippen molar-refractivity contribution in [3.05, 3.63) is 35.4 Å². The Labute approximate surface area is 175 Å². The van der Waals surface area contributed by atoms with Gasteiger partial charge in [-0.3, -0.25) is 9.69 Å². The lowest BCUT2D eigenvalue weighted by atomic mass is 9.92. The molecule has 0 radical (unpaired) electrons. The van der Waals surface area contributed by atoms with E-state index in [9.17, 15) is 4.79 Å². The highest BCUT2D eigenvalue weighted by Crippen LogP contribution is 2.19. The van der Waals surface area contributed by atoms with Crippen LogP contribution in [0.5, 0.6) is 0 Å². The molecule has 1 aromatic carbocycles. The Balaban J connectivity index is 0.00000182. The molecule has 0 spiro atoms. The summed E-state index contributed by atoms with van der Waals surface area (Å²) in [6, 6.07) is 7.98. The summed E-state index contributed by atoms with van der Waals surface area (Å²) in [6.07, 6.45) is 5.68. The second kappa shape index (κ2) is 12.6. The molecular formula is C20H33Cl2N3O2. The Morgan fingerprint density at radius 3 is 2.41 bits per heavy atom. The Morgan fingerprint density at radius 2 is 1.74 bits per heavy atom. The molecule has 1 atom stereocenters. The van der Waals surface area contributed by atoms with Crippen LogP contribution in [-0.4, -0.2) is 43.2 Å². The minimum Gasteiger partial charge on any atom is -0.381 e. The van der Waals surface area contributed by atoms with E-state index in [0.717, 1.165) is 19.4 Å². The van der Waals surface area contributed by atoms with Gasteiger partial charge >= 0.3 is 0 Å². The third-order valence-corrected chi connectivity index (χ3v) is 5.49. The summed E-state index contributed by atoms with van der Waals surface area (Å²) in [5.41, 5.74) is 8.67. The summed E-state index contributed by atoms with van der Waals surface area (Å²) in [7, 11) is 0. The molecule has 0 aliphatic carbocycles. The molecule has 27 heavy (non-hydrogen) atoms. The number of benzene rings is 1. The summed E-state index contributed by atoms with van der Waals surface area (Å²) in [6.45, 7) is 5.30. The van der Waals surface area contributed by atoms with Gasteiger partial charge in [0.15, 0.2) is 0 Å². The van der Waals surface area contributed by atoms with Gasteiger partial charge in [-0.1, -0.05) is 30.7 Å². The second-order valence-electron chi connectivity index (χ2n) is 7.30. The smallest absolute Gasteiger partial charge is 0.237 e. The number of nitrogens with zero attached hydrogens (tertiary/aromatic N) is 1. The molecule has 7 heteroatoms. The number of likely N-dealkylation sites (tertiary alicyclic amines) is 1. The minimum atomic E-state index is -0.432. The first-order valence-electron chi connectivity index (χ1n) is 9.64. The van der Waals surface area contributed by atoms with E-state index in [-0.39, 0.29) is 36.6 Å². The lowest BCUT2D eigenvalue weighted by Gasteiger charge is -2.28. The molecule has 0 bridgehead atoms. The number of ether oxygens (including phenoxy) is 1. The maximum Gasteiger partial charge on any atom is 0.237 e. The van der Waals surface area contributed by atoms with Gasteiger partial charge in [-0.15, -0.1) is 24.8 Å². The first-order chi connectivity index (χ1) is 12.2. The lowest BCUT2D eigenvalue weighted by molar-refractivity contribution is -0.124. The molecule has 1 aromatic rings. The predicted octanol–water partition coefficient (Wildman–Crippen LogP) is 2.89. The zero-order valence-corrected chi connectivity index (χ0v) is 17.5. The van der Waals surface area contributed by atoms with Crippen molar-refractivity contribution in [1.29, 1.82) is 0 Å². The summed E-state index contributed by atoms with van der Waals surface area (Å²) >= 11 is 0. The third-order valence-electron chi connectivity index (χ3n) is 5.49. The van der Waals surface area contributed by atoms with Gasteiger partial charge in [0.05, 0.1) is 6.04 Å². The van der Waals surface area contributed by atoms with Gasteiger partial charge in [-0.2, -0.15) is 0 Å². The molecule has 5 nitrogen and oxygen atoms in total. The topological polar surface area (TPSA) is 67.6 Å². The average molecular weight is 418 g/mol. The van der Waals surface area contributed by atoms with Gasteiger partial charge in [0.25, 0.3) is 0 Å². The number of carbonyl (C=O) groups is 1. The van der Waals surface area contributed by atoms with Crippen LogP contribution < -0.4 is 11.1 Å². The van der Waals surface area contributed by atoms with Crippen molar-refractivity contribution in [3.8, 4) is 0 Å². The molecule has 0 aromatic heterocycles. The van der Waals surface area contributed by atoms with E-state index < -0.39 is 6.04 Å². The van der Waals surface area contributed by atoms with E-state index >= 15 is 0 Å². The van der Waals surface area contributed by atoms with Crippen LogP contribution in [0.25, 0.3) is 0 Å². The number of carbonyl (C=O) groups excluding carboxylic acids is 1. The highest BCUT2D eigenvalue weighted by atomic mass is 35.5. The molecule has 2 heterocycles. The van der Waals surface area contributed by atoms with Crippen LogP contribution in [0, 0.1) is 5.92 Å². The summed E-state index contributed by atoms with van der Waals surface area (Å²) < 4.78 is 5.35. The number of nitrogens with one attached hydrogen (secondary N) is 1. The van der Waals surface area contributed by atoms with Crippen molar-refractivity contribution in [2.24, 2.45) is 11.7 Å². The highest BCUT2D eigenvalue weighted by molar-refractivity contribution is 5.85. The maximum atomic E-state index is 12.4. The summed E-state index contributed by atoms with van der Waals surface area (Å²) in [5.74, 6) is 0.192. The van der Waals surface area contributed by atoms with E-state index in [1.807, 2.05) is 6.07 Å². The summed E-state index contributed by atoms with van der Waals surface area (Å²) in [4.78, 5) is 14.9. The molecule has 3 rings (SSSR count). The fourth-order valence-corrected chi connectivity index (χ4v) is 3.83. The molecule has 2 aliphatic rings. The van der Waals surface area contributed by atoms with E-state index in [1.54, 1.807) is 0 Å². The minimum absolute atomic E-state index is 0. The molecule has 1 amide bonds. The second-order valence-corrected chi connectivity index (χ2v) is 7.30. The lowest BCUT2D eigenvalue weighted by Crippen LogP contribution is -2.46. The van der Waals surface area contributed by atoms with Crippen molar-refractivity contribution in [2.45, 2.75) is 51.2 Å². The van der Waals surface area contributed by atoms with E-state index in [1.165, 1.54) is 43.5 Å². The SMILES string of the molecule is Cl.Cl.NC(C(=O)NCc1ccccc1CN1CCCCC1)C1CCOCC1. The van der Waals surface area contributed by atoms with Gasteiger partial charge in [0.2, 0.25) is 5.91 Å². The van der Waals surface area contributed by atoms with E-state index in [2.05, 4.69) is 28.4 Å². The van der Waals surface area contributed by atoms with Crippen molar-refractivity contribution < 1.29 is 9.53 Å². The standard InChI is InChI=1S/C20H31N3O2.2ClH/c21-19(16-8-12-25-13-9-16)20(24)22-14-17-6-2-3-7-18(17)15-23-10-4-1-5-11-23;;/h2-3,6-7,16,19H,1,4-5,8-15,21H2,(H,22,24);2*1H. The van der Waals surface area contributed by atoms with Crippen LogP contribution in [-0.2, 0) is 22.6 Å². The number of amides is 1. The van der Waals surface area contributed by atoms with Crippen molar-refractivity contribution in [3.63, 3.8) is 0 Å². The molecular weight excluding hydrogens is 385 g/mol.